The molecule has 1 atom stereocenters. The van der Waals surface area contributed by atoms with Crippen LogP contribution in [0, 0.1) is 0 Å². The molecule has 14 heavy (non-hydrogen) atoms. The van der Waals surface area contributed by atoms with Crippen molar-refractivity contribution in [2.45, 2.75) is 58.1 Å². The maximum absolute atomic E-state index is 9.08. The Labute approximate surface area is 87.6 Å². The minimum absolute atomic E-state index is 0.0546. The van der Waals surface area contributed by atoms with Crippen LogP contribution in [0.4, 0.5) is 0 Å². The van der Waals surface area contributed by atoms with Gasteiger partial charge in [0.15, 0.2) is 0 Å². The van der Waals surface area contributed by atoms with Gasteiger partial charge in [0.2, 0.25) is 0 Å². The molecule has 0 bridgehead atoms. The second-order valence-corrected chi connectivity index (χ2v) is 4.94. The van der Waals surface area contributed by atoms with Crippen LogP contribution in [0.3, 0.4) is 0 Å². The standard InChI is InChI=1S/C11H25NO2/c1-5-11(12,9-13)7-6-8-14-10(2,3)4/h13H,5-9,12H2,1-4H3. The SMILES string of the molecule is CCC(N)(CO)CCCOC(C)(C)C. The van der Waals surface area contributed by atoms with Gasteiger partial charge in [-0.25, -0.2) is 0 Å². The maximum atomic E-state index is 9.08. The fourth-order valence-corrected chi connectivity index (χ4v) is 1.17. The van der Waals surface area contributed by atoms with E-state index in [9.17, 15) is 0 Å². The highest BCUT2D eigenvalue weighted by Gasteiger charge is 2.21. The Morgan fingerprint density at radius 1 is 1.29 bits per heavy atom. The fourth-order valence-electron chi connectivity index (χ4n) is 1.17. The molecule has 86 valence electrons. The van der Waals surface area contributed by atoms with Gasteiger partial charge in [0.1, 0.15) is 0 Å². The molecule has 0 saturated carbocycles. The Balaban J connectivity index is 3.63. The van der Waals surface area contributed by atoms with E-state index >= 15 is 0 Å². The van der Waals surface area contributed by atoms with Gasteiger partial charge in [0.25, 0.3) is 0 Å². The van der Waals surface area contributed by atoms with E-state index in [1.165, 1.54) is 0 Å². The first-order chi connectivity index (χ1) is 6.33. The molecule has 0 fully saturated rings. The molecule has 0 aromatic carbocycles. The topological polar surface area (TPSA) is 55.5 Å². The number of rotatable bonds is 6. The van der Waals surface area contributed by atoms with Gasteiger partial charge in [0, 0.05) is 12.1 Å². The van der Waals surface area contributed by atoms with Crippen LogP contribution in [-0.4, -0.2) is 29.5 Å². The highest BCUT2D eigenvalue weighted by Crippen LogP contribution is 2.15. The lowest BCUT2D eigenvalue weighted by Gasteiger charge is -2.26. The number of ether oxygens (including phenoxy) is 1. The van der Waals surface area contributed by atoms with Crippen LogP contribution in [-0.2, 0) is 4.74 Å². The fraction of sp³-hybridized carbons (Fsp3) is 1.00. The molecule has 0 amide bonds. The van der Waals surface area contributed by atoms with E-state index in [2.05, 4.69) is 0 Å². The third-order valence-electron chi connectivity index (χ3n) is 2.37. The van der Waals surface area contributed by atoms with Crippen molar-refractivity contribution in [2.75, 3.05) is 13.2 Å². The summed E-state index contributed by atoms with van der Waals surface area (Å²) in [6.07, 6.45) is 2.53. The molecule has 0 aromatic rings. The van der Waals surface area contributed by atoms with Crippen LogP contribution in [0.2, 0.25) is 0 Å². The monoisotopic (exact) mass is 203 g/mol. The van der Waals surface area contributed by atoms with Crippen molar-refractivity contribution in [1.29, 1.82) is 0 Å². The van der Waals surface area contributed by atoms with Crippen LogP contribution in [0.15, 0.2) is 0 Å². The summed E-state index contributed by atoms with van der Waals surface area (Å²) >= 11 is 0. The molecule has 0 radical (unpaired) electrons. The average Bonchev–Trinajstić information content (AvgIpc) is 2.11. The van der Waals surface area contributed by atoms with Crippen LogP contribution in [0.5, 0.6) is 0 Å². The van der Waals surface area contributed by atoms with Gasteiger partial charge < -0.3 is 15.6 Å². The molecule has 1 unspecified atom stereocenters. The molecule has 0 aromatic heterocycles. The Morgan fingerprint density at radius 3 is 2.21 bits per heavy atom. The van der Waals surface area contributed by atoms with Gasteiger partial charge in [-0.3, -0.25) is 0 Å². The smallest absolute Gasteiger partial charge is 0.0611 e. The third-order valence-corrected chi connectivity index (χ3v) is 2.37. The highest BCUT2D eigenvalue weighted by atomic mass is 16.5. The minimum atomic E-state index is -0.415. The number of aliphatic hydroxyl groups is 1. The zero-order valence-electron chi connectivity index (χ0n) is 9.97. The molecule has 0 aliphatic carbocycles. The van der Waals surface area contributed by atoms with Gasteiger partial charge >= 0.3 is 0 Å². The maximum Gasteiger partial charge on any atom is 0.0611 e. The summed E-state index contributed by atoms with van der Waals surface area (Å²) < 4.78 is 5.58. The van der Waals surface area contributed by atoms with Gasteiger partial charge in [0.05, 0.1) is 12.2 Å². The summed E-state index contributed by atoms with van der Waals surface area (Å²) in [7, 11) is 0. The summed E-state index contributed by atoms with van der Waals surface area (Å²) in [5, 5.41) is 9.08. The summed E-state index contributed by atoms with van der Waals surface area (Å²) in [5.41, 5.74) is 5.44. The zero-order chi connectivity index (χ0) is 11.2. The van der Waals surface area contributed by atoms with Gasteiger partial charge in [-0.1, -0.05) is 6.92 Å². The van der Waals surface area contributed by atoms with E-state index in [4.69, 9.17) is 15.6 Å². The Morgan fingerprint density at radius 2 is 1.86 bits per heavy atom. The van der Waals surface area contributed by atoms with Crippen molar-refractivity contribution < 1.29 is 9.84 Å². The predicted molar refractivity (Wildman–Crippen MR) is 59.2 cm³/mol. The van der Waals surface area contributed by atoms with E-state index in [0.29, 0.717) is 6.61 Å². The van der Waals surface area contributed by atoms with Crippen LogP contribution in [0.1, 0.15) is 47.0 Å². The number of hydrogen-bond acceptors (Lipinski definition) is 3. The van der Waals surface area contributed by atoms with Crippen molar-refractivity contribution in [3.8, 4) is 0 Å². The van der Waals surface area contributed by atoms with Crippen molar-refractivity contribution >= 4 is 0 Å². The lowest BCUT2D eigenvalue weighted by atomic mass is 9.93. The van der Waals surface area contributed by atoms with Gasteiger partial charge in [-0.15, -0.1) is 0 Å². The lowest BCUT2D eigenvalue weighted by Crippen LogP contribution is -2.43. The number of aliphatic hydroxyl groups excluding tert-OH is 1. The first-order valence-corrected chi connectivity index (χ1v) is 5.37. The largest absolute Gasteiger partial charge is 0.394 e. The first-order valence-electron chi connectivity index (χ1n) is 5.37. The van der Waals surface area contributed by atoms with Crippen LogP contribution in [0.25, 0.3) is 0 Å². The van der Waals surface area contributed by atoms with E-state index in [1.54, 1.807) is 0 Å². The summed E-state index contributed by atoms with van der Waals surface area (Å²) in [4.78, 5) is 0. The molecule has 3 heteroatoms. The summed E-state index contributed by atoms with van der Waals surface area (Å²) in [6, 6.07) is 0. The van der Waals surface area contributed by atoms with E-state index in [-0.39, 0.29) is 12.2 Å². The van der Waals surface area contributed by atoms with Crippen molar-refractivity contribution in [1.82, 2.24) is 0 Å². The highest BCUT2D eigenvalue weighted by molar-refractivity contribution is 4.81. The lowest BCUT2D eigenvalue weighted by molar-refractivity contribution is -0.00756. The molecule has 0 spiro atoms. The molecular formula is C11H25NO2. The normalized spacial score (nSPS) is 16.7. The summed E-state index contributed by atoms with van der Waals surface area (Å²) in [6.45, 7) is 8.87. The van der Waals surface area contributed by atoms with Gasteiger partial charge in [-0.2, -0.15) is 0 Å². The summed E-state index contributed by atoms with van der Waals surface area (Å²) in [5.74, 6) is 0. The minimum Gasteiger partial charge on any atom is -0.394 e. The molecular weight excluding hydrogens is 178 g/mol. The molecule has 0 rings (SSSR count). The first kappa shape index (κ1) is 13.9. The van der Waals surface area contributed by atoms with E-state index in [1.807, 2.05) is 27.7 Å². The Kier molecular flexibility index (Phi) is 5.64. The molecule has 3 N–H and O–H groups in total. The molecule has 3 nitrogen and oxygen atoms in total. The molecule has 0 saturated heterocycles. The van der Waals surface area contributed by atoms with E-state index in [0.717, 1.165) is 19.3 Å². The zero-order valence-corrected chi connectivity index (χ0v) is 9.97. The molecule has 0 aliphatic heterocycles. The van der Waals surface area contributed by atoms with E-state index < -0.39 is 5.54 Å². The average molecular weight is 203 g/mol. The third kappa shape index (κ3) is 6.35. The Bertz CT molecular complexity index is 148. The quantitative estimate of drug-likeness (QED) is 0.646. The van der Waals surface area contributed by atoms with Crippen molar-refractivity contribution in [3.63, 3.8) is 0 Å². The van der Waals surface area contributed by atoms with Crippen molar-refractivity contribution in [3.05, 3.63) is 0 Å². The van der Waals surface area contributed by atoms with Crippen molar-refractivity contribution in [2.24, 2.45) is 5.73 Å². The number of nitrogens with two attached hydrogens (primary N) is 1. The molecule has 0 heterocycles. The second kappa shape index (κ2) is 5.69. The van der Waals surface area contributed by atoms with Crippen LogP contribution < -0.4 is 5.73 Å². The number of hydrogen-bond donors (Lipinski definition) is 2. The van der Waals surface area contributed by atoms with Crippen LogP contribution >= 0.6 is 0 Å². The predicted octanol–water partition coefficient (Wildman–Crippen LogP) is 1.68. The second-order valence-electron chi connectivity index (χ2n) is 4.94. The Hall–Kier alpha value is -0.120. The van der Waals surface area contributed by atoms with Gasteiger partial charge in [-0.05, 0) is 40.0 Å². The molecule has 0 aliphatic rings.